The average Bonchev–Trinajstić information content (AvgIpc) is 3.56. The van der Waals surface area contributed by atoms with Gasteiger partial charge in [0.1, 0.15) is 4.90 Å². The maximum absolute atomic E-state index is 14.1. The first-order chi connectivity index (χ1) is 32.1. The predicted octanol–water partition coefficient (Wildman–Crippen LogP) is 9.63. The van der Waals surface area contributed by atoms with E-state index in [0.29, 0.717) is 59.6 Å². The van der Waals surface area contributed by atoms with Gasteiger partial charge in [0.25, 0.3) is 25.8 Å². The third-order valence-electron chi connectivity index (χ3n) is 10.9. The fraction of sp³-hybridized carbons (Fsp3) is 0.260. The van der Waals surface area contributed by atoms with Crippen LogP contribution in [0.1, 0.15) is 33.6 Å². The van der Waals surface area contributed by atoms with Gasteiger partial charge in [0.05, 0.1) is 21.8 Å². The van der Waals surface area contributed by atoms with Crippen molar-refractivity contribution in [3.63, 3.8) is 0 Å². The van der Waals surface area contributed by atoms with Crippen molar-refractivity contribution in [2.75, 3.05) is 63.6 Å². The lowest BCUT2D eigenvalue weighted by Gasteiger charge is -2.24. The number of halogens is 4. The number of rotatable bonds is 18. The smallest absolute Gasteiger partial charge is 0.380 e. The third-order valence-corrected chi connectivity index (χ3v) is 15.2. The number of aromatic nitrogens is 1. The number of anilines is 2. The Kier molecular flexibility index (Phi) is 16.8. The number of benzene rings is 5. The van der Waals surface area contributed by atoms with Crippen LogP contribution < -0.4 is 15.4 Å². The van der Waals surface area contributed by atoms with Crippen molar-refractivity contribution in [3.05, 3.63) is 149 Å². The first-order valence-corrected chi connectivity index (χ1v) is 25.7. The molecule has 5 aromatic carbocycles. The topological polar surface area (TPSA) is 133 Å². The standard InChI is InChI=1S/C50H52ClF3N6O5S3/c1-34-46(49(61)55-28-30-59(4)5)47(48(60(34)6)37-19-21-39(51)22-20-37)38-12-10-11-36(31-38)16-15-35-17-23-40(24-18-35)57-68(64,65)43-25-26-44(45(32-43)67(62,63)50(52,53)54)56-41(27-29-58(2)3)33-66-42-13-8-7-9-14-42/h7-14,17-26,31-32,41,56-57H,27-30,33H2,1-6H3,(H,55,61)/t41-/m1/s1. The Balaban J connectivity index is 1.25. The normalized spacial score (nSPS) is 12.4. The van der Waals surface area contributed by atoms with Crippen molar-refractivity contribution in [1.29, 1.82) is 0 Å². The molecular formula is C50H52ClF3N6O5S3. The molecule has 358 valence electrons. The van der Waals surface area contributed by atoms with E-state index in [1.165, 1.54) is 23.9 Å². The van der Waals surface area contributed by atoms with Crippen molar-refractivity contribution in [3.8, 4) is 34.2 Å². The van der Waals surface area contributed by atoms with Crippen molar-refractivity contribution < 1.29 is 34.8 Å². The van der Waals surface area contributed by atoms with Crippen molar-refractivity contribution in [2.45, 2.75) is 39.6 Å². The summed E-state index contributed by atoms with van der Waals surface area (Å²) in [6, 6.07) is 32.4. The van der Waals surface area contributed by atoms with Gasteiger partial charge < -0.3 is 25.0 Å². The molecule has 0 aliphatic heterocycles. The molecule has 11 nitrogen and oxygen atoms in total. The first-order valence-electron chi connectivity index (χ1n) is 21.3. The summed E-state index contributed by atoms with van der Waals surface area (Å²) in [6.45, 7) is 3.56. The predicted molar refractivity (Wildman–Crippen MR) is 268 cm³/mol. The monoisotopic (exact) mass is 1000 g/mol. The molecule has 1 heterocycles. The van der Waals surface area contributed by atoms with Gasteiger partial charge in [-0.2, -0.15) is 13.2 Å². The van der Waals surface area contributed by atoms with Crippen LogP contribution in [0.2, 0.25) is 5.02 Å². The van der Waals surface area contributed by atoms with E-state index >= 15 is 0 Å². The highest BCUT2D eigenvalue weighted by Crippen LogP contribution is 2.40. The number of thioether (sulfide) groups is 1. The Bertz CT molecular complexity index is 3030. The van der Waals surface area contributed by atoms with Crippen LogP contribution in [0, 0.1) is 18.8 Å². The number of alkyl halides is 3. The number of nitrogens with one attached hydrogen (secondary N) is 3. The largest absolute Gasteiger partial charge is 0.501 e. The van der Waals surface area contributed by atoms with Crippen LogP contribution in [0.25, 0.3) is 22.4 Å². The molecule has 68 heavy (non-hydrogen) atoms. The van der Waals surface area contributed by atoms with E-state index in [0.717, 1.165) is 45.1 Å². The number of amides is 1. The Morgan fingerprint density at radius 1 is 0.794 bits per heavy atom. The van der Waals surface area contributed by atoms with Crippen LogP contribution in [0.3, 0.4) is 0 Å². The maximum atomic E-state index is 14.1. The average molecular weight is 1010 g/mol. The summed E-state index contributed by atoms with van der Waals surface area (Å²) >= 11 is 7.69. The quantitative estimate of drug-likeness (QED) is 0.0569. The lowest BCUT2D eigenvalue weighted by atomic mass is 9.95. The molecule has 0 saturated carbocycles. The van der Waals surface area contributed by atoms with E-state index in [2.05, 4.69) is 27.2 Å². The minimum Gasteiger partial charge on any atom is -0.380 e. The fourth-order valence-corrected chi connectivity index (χ4v) is 10.4. The molecule has 6 rings (SSSR count). The number of hydrogen-bond acceptors (Lipinski definition) is 9. The molecule has 0 aliphatic rings. The van der Waals surface area contributed by atoms with Gasteiger partial charge in [0.2, 0.25) is 0 Å². The number of sulfone groups is 1. The number of likely N-dealkylation sites (N-methyl/N-ethyl adjacent to an activating group) is 1. The number of sulfonamides is 1. The lowest BCUT2D eigenvalue weighted by Crippen LogP contribution is -2.31. The highest BCUT2D eigenvalue weighted by molar-refractivity contribution is 7.99. The molecule has 3 N–H and O–H groups in total. The number of nitrogens with zero attached hydrogens (tertiary/aromatic N) is 3. The summed E-state index contributed by atoms with van der Waals surface area (Å²) in [7, 11) is -1.14. The molecule has 0 fully saturated rings. The number of carbonyl (C=O) groups is 1. The van der Waals surface area contributed by atoms with Crippen LogP contribution in [0.4, 0.5) is 24.5 Å². The van der Waals surface area contributed by atoms with Crippen molar-refractivity contribution in [2.24, 2.45) is 7.05 Å². The molecule has 0 aliphatic carbocycles. The van der Waals surface area contributed by atoms with Gasteiger partial charge >= 0.3 is 5.51 Å². The zero-order valence-electron chi connectivity index (χ0n) is 38.3. The summed E-state index contributed by atoms with van der Waals surface area (Å²) in [4.78, 5) is 16.7. The fourth-order valence-electron chi connectivity index (χ4n) is 7.20. The summed E-state index contributed by atoms with van der Waals surface area (Å²) in [6.07, 6.45) is 0.449. The van der Waals surface area contributed by atoms with E-state index in [1.54, 1.807) is 24.3 Å². The summed E-state index contributed by atoms with van der Waals surface area (Å²) in [5.41, 5.74) is -0.384. The van der Waals surface area contributed by atoms with Gasteiger partial charge in [-0.3, -0.25) is 9.52 Å². The van der Waals surface area contributed by atoms with Gasteiger partial charge in [0, 0.05) is 69.9 Å². The maximum Gasteiger partial charge on any atom is 0.501 e. The lowest BCUT2D eigenvalue weighted by molar-refractivity contribution is -0.0435. The van der Waals surface area contributed by atoms with Crippen LogP contribution in [0.5, 0.6) is 0 Å². The zero-order chi connectivity index (χ0) is 49.4. The molecule has 0 spiro atoms. The van der Waals surface area contributed by atoms with Gasteiger partial charge in [0.15, 0.2) is 0 Å². The van der Waals surface area contributed by atoms with Crippen LogP contribution in [0.15, 0.2) is 136 Å². The molecule has 1 amide bonds. The second-order valence-electron chi connectivity index (χ2n) is 16.5. The van der Waals surface area contributed by atoms with Gasteiger partial charge in [-0.05, 0) is 138 Å². The van der Waals surface area contributed by atoms with E-state index in [9.17, 15) is 34.8 Å². The third kappa shape index (κ3) is 12.9. The van der Waals surface area contributed by atoms with E-state index < -0.39 is 41.2 Å². The Morgan fingerprint density at radius 2 is 1.46 bits per heavy atom. The van der Waals surface area contributed by atoms with E-state index in [1.807, 2.05) is 123 Å². The van der Waals surface area contributed by atoms with E-state index in [4.69, 9.17) is 11.6 Å². The van der Waals surface area contributed by atoms with Gasteiger partial charge in [-0.15, -0.1) is 11.8 Å². The number of hydrogen-bond donors (Lipinski definition) is 3. The zero-order valence-corrected chi connectivity index (χ0v) is 41.5. The summed E-state index contributed by atoms with van der Waals surface area (Å²) in [5, 5.41) is 6.61. The van der Waals surface area contributed by atoms with Gasteiger partial charge in [-0.25, -0.2) is 16.8 Å². The Labute approximate surface area is 406 Å². The summed E-state index contributed by atoms with van der Waals surface area (Å²) < 4.78 is 100. The van der Waals surface area contributed by atoms with Crippen LogP contribution >= 0.6 is 23.4 Å². The highest BCUT2D eigenvalue weighted by Gasteiger charge is 2.48. The van der Waals surface area contributed by atoms with Gasteiger partial charge in [-0.1, -0.05) is 65.9 Å². The Morgan fingerprint density at radius 3 is 2.10 bits per heavy atom. The minimum absolute atomic E-state index is 0.0622. The minimum atomic E-state index is -6.00. The molecule has 1 atom stereocenters. The molecule has 0 saturated heterocycles. The van der Waals surface area contributed by atoms with Crippen molar-refractivity contribution in [1.82, 2.24) is 19.7 Å². The molecule has 18 heteroatoms. The van der Waals surface area contributed by atoms with E-state index in [-0.39, 0.29) is 17.3 Å². The molecular weight excluding hydrogens is 953 g/mol. The van der Waals surface area contributed by atoms with Crippen LogP contribution in [-0.2, 0) is 26.9 Å². The molecule has 0 bridgehead atoms. The second kappa shape index (κ2) is 22.1. The highest BCUT2D eigenvalue weighted by atomic mass is 35.5. The SMILES string of the molecule is Cc1c(C(=O)NCCN(C)C)c(-c2cccc(C#Cc3ccc(NS(=O)(=O)c4ccc(N[C@H](CCN(C)C)CSc5ccccc5)c(S(=O)(=O)C(F)(F)F)c4)cc3)c2)c(-c2ccc(Cl)cc2)n1C. The molecule has 6 aromatic rings. The molecule has 0 radical (unpaired) electrons. The van der Waals surface area contributed by atoms with Crippen LogP contribution in [-0.4, -0.2) is 102 Å². The number of carbonyl (C=O) groups excluding carboxylic acids is 1. The summed E-state index contributed by atoms with van der Waals surface area (Å²) in [5.74, 6) is 6.41. The molecule has 0 unspecified atom stereocenters. The second-order valence-corrected chi connectivity index (χ2v) is 21.6. The first kappa shape index (κ1) is 51.6. The molecule has 1 aromatic heterocycles. The van der Waals surface area contributed by atoms with Crippen molar-refractivity contribution >= 4 is 60.5 Å². The Hall–Kier alpha value is -5.74.